The highest BCUT2D eigenvalue weighted by Crippen LogP contribution is 2.24. The largest absolute Gasteiger partial charge is 0.373 e. The molecule has 2 aromatic rings. The molecule has 1 aromatic heterocycles. The van der Waals surface area contributed by atoms with Gasteiger partial charge in [-0.15, -0.1) is 0 Å². The van der Waals surface area contributed by atoms with E-state index >= 15 is 0 Å². The molecule has 0 aliphatic carbocycles. The molecule has 1 aromatic carbocycles. The van der Waals surface area contributed by atoms with Gasteiger partial charge in [0.05, 0.1) is 29.5 Å². The van der Waals surface area contributed by atoms with E-state index in [4.69, 9.17) is 4.74 Å². The number of imidazole rings is 1. The van der Waals surface area contributed by atoms with Crippen molar-refractivity contribution in [2.75, 3.05) is 13.1 Å². The maximum atomic E-state index is 13.2. The molecule has 31 heavy (non-hydrogen) atoms. The van der Waals surface area contributed by atoms with Crippen molar-refractivity contribution in [2.45, 2.75) is 64.3 Å². The van der Waals surface area contributed by atoms with Crippen LogP contribution in [0.1, 0.15) is 45.0 Å². The predicted octanol–water partition coefficient (Wildman–Crippen LogP) is 2.53. The van der Waals surface area contributed by atoms with Crippen LogP contribution in [0.2, 0.25) is 0 Å². The van der Waals surface area contributed by atoms with Gasteiger partial charge in [-0.25, -0.2) is 13.4 Å². The summed E-state index contributed by atoms with van der Waals surface area (Å²) in [5, 5.41) is 3.07. The third kappa shape index (κ3) is 5.72. The summed E-state index contributed by atoms with van der Waals surface area (Å²) in [5.74, 6) is -0.305. The zero-order valence-electron chi connectivity index (χ0n) is 18.8. The summed E-state index contributed by atoms with van der Waals surface area (Å²) >= 11 is 0. The average molecular weight is 449 g/mol. The molecule has 8 nitrogen and oxygen atoms in total. The van der Waals surface area contributed by atoms with Crippen LogP contribution < -0.4 is 5.32 Å². The van der Waals surface area contributed by atoms with Gasteiger partial charge in [0.15, 0.2) is 0 Å². The van der Waals surface area contributed by atoms with Crippen LogP contribution in [0.25, 0.3) is 0 Å². The number of amides is 1. The lowest BCUT2D eigenvalue weighted by molar-refractivity contribution is -0.0440. The SMILES string of the molecule is C[C@@H]1CN(S(=O)(=O)c2cccc(C(=O)N[C@@H](Cn3ccnc3)C(C)(C)C)c2)C[C@H](C)O1. The first-order valence-electron chi connectivity index (χ1n) is 10.5. The first-order chi connectivity index (χ1) is 14.5. The molecule has 170 valence electrons. The molecule has 2 heterocycles. The van der Waals surface area contributed by atoms with Crippen molar-refractivity contribution in [1.82, 2.24) is 19.2 Å². The van der Waals surface area contributed by atoms with E-state index in [1.165, 1.54) is 16.4 Å². The Balaban J connectivity index is 1.80. The Morgan fingerprint density at radius 1 is 1.26 bits per heavy atom. The minimum absolute atomic E-state index is 0.114. The molecule has 0 bridgehead atoms. The fraction of sp³-hybridized carbons (Fsp3) is 0.545. The number of nitrogens with one attached hydrogen (secondary N) is 1. The van der Waals surface area contributed by atoms with Crippen LogP contribution in [0.15, 0.2) is 47.9 Å². The van der Waals surface area contributed by atoms with Gasteiger partial charge < -0.3 is 14.6 Å². The first kappa shape index (κ1) is 23.4. The number of carbonyl (C=O) groups is 1. The van der Waals surface area contributed by atoms with E-state index in [9.17, 15) is 13.2 Å². The molecule has 0 spiro atoms. The summed E-state index contributed by atoms with van der Waals surface area (Å²) in [4.78, 5) is 17.2. The lowest BCUT2D eigenvalue weighted by Gasteiger charge is -2.34. The molecular formula is C22H32N4O4S. The summed E-state index contributed by atoms with van der Waals surface area (Å²) in [6.45, 7) is 11.0. The Labute approximate surface area is 184 Å². The van der Waals surface area contributed by atoms with Crippen molar-refractivity contribution < 1.29 is 17.9 Å². The number of hydrogen-bond acceptors (Lipinski definition) is 5. The molecule has 0 unspecified atom stereocenters. The van der Waals surface area contributed by atoms with Gasteiger partial charge in [-0.1, -0.05) is 26.8 Å². The third-order valence-electron chi connectivity index (χ3n) is 5.42. The first-order valence-corrected chi connectivity index (χ1v) is 11.9. The van der Waals surface area contributed by atoms with Gasteiger partial charge >= 0.3 is 0 Å². The minimum atomic E-state index is -3.72. The molecule has 3 atom stereocenters. The molecular weight excluding hydrogens is 416 g/mol. The van der Waals surface area contributed by atoms with Gasteiger partial charge in [0, 0.05) is 37.6 Å². The van der Waals surface area contributed by atoms with Crippen LogP contribution in [0.5, 0.6) is 0 Å². The number of carbonyl (C=O) groups excluding carboxylic acids is 1. The molecule has 0 radical (unpaired) electrons. The quantitative estimate of drug-likeness (QED) is 0.733. The summed E-state index contributed by atoms with van der Waals surface area (Å²) in [7, 11) is -3.72. The highest BCUT2D eigenvalue weighted by Gasteiger charge is 2.33. The van der Waals surface area contributed by atoms with Crippen molar-refractivity contribution in [3.63, 3.8) is 0 Å². The van der Waals surface area contributed by atoms with Gasteiger partial charge in [-0.3, -0.25) is 4.79 Å². The number of benzene rings is 1. The zero-order valence-corrected chi connectivity index (χ0v) is 19.6. The highest BCUT2D eigenvalue weighted by molar-refractivity contribution is 7.89. The lowest BCUT2D eigenvalue weighted by Crippen LogP contribution is -2.48. The Morgan fingerprint density at radius 3 is 2.52 bits per heavy atom. The van der Waals surface area contributed by atoms with Crippen molar-refractivity contribution >= 4 is 15.9 Å². The van der Waals surface area contributed by atoms with E-state index in [1.54, 1.807) is 24.7 Å². The van der Waals surface area contributed by atoms with Crippen molar-refractivity contribution in [1.29, 1.82) is 0 Å². The normalized spacial score (nSPS) is 21.6. The number of hydrogen-bond donors (Lipinski definition) is 1. The van der Waals surface area contributed by atoms with Crippen LogP contribution in [-0.4, -0.2) is 59.5 Å². The predicted molar refractivity (Wildman–Crippen MR) is 118 cm³/mol. The van der Waals surface area contributed by atoms with Gasteiger partial charge in [-0.2, -0.15) is 4.31 Å². The number of ether oxygens (including phenoxy) is 1. The standard InChI is InChI=1S/C22H32N4O4S/c1-16-12-26(13-17(2)30-16)31(28,29)19-8-6-7-18(11-19)21(27)24-20(22(3,4)5)14-25-10-9-23-15-25/h6-11,15-17,20H,12-14H2,1-5H3,(H,24,27)/t16-,17+,20-/m0/s1. The molecule has 1 amide bonds. The van der Waals surface area contributed by atoms with Crippen LogP contribution in [-0.2, 0) is 21.3 Å². The second-order valence-corrected chi connectivity index (χ2v) is 11.2. The summed E-state index contributed by atoms with van der Waals surface area (Å²) in [5.41, 5.74) is 0.110. The number of morpholine rings is 1. The maximum Gasteiger partial charge on any atom is 0.251 e. The fourth-order valence-corrected chi connectivity index (χ4v) is 5.29. The smallest absolute Gasteiger partial charge is 0.251 e. The van der Waals surface area contributed by atoms with E-state index in [0.29, 0.717) is 25.2 Å². The van der Waals surface area contributed by atoms with Crippen LogP contribution in [0, 0.1) is 5.41 Å². The number of rotatable bonds is 6. The topological polar surface area (TPSA) is 93.5 Å². The van der Waals surface area contributed by atoms with E-state index in [-0.39, 0.29) is 34.5 Å². The second kappa shape index (κ2) is 9.10. The summed E-state index contributed by atoms with van der Waals surface area (Å²) < 4.78 is 35.3. The lowest BCUT2D eigenvalue weighted by atomic mass is 9.86. The van der Waals surface area contributed by atoms with Crippen LogP contribution >= 0.6 is 0 Å². The third-order valence-corrected chi connectivity index (χ3v) is 7.25. The number of aromatic nitrogens is 2. The summed E-state index contributed by atoms with van der Waals surface area (Å²) in [6.07, 6.45) is 4.90. The van der Waals surface area contributed by atoms with Gasteiger partial charge in [0.1, 0.15) is 0 Å². The zero-order chi connectivity index (χ0) is 22.8. The Morgan fingerprint density at radius 2 is 1.94 bits per heavy atom. The molecule has 1 aliphatic heterocycles. The molecule has 1 aliphatic rings. The van der Waals surface area contributed by atoms with Crippen LogP contribution in [0.4, 0.5) is 0 Å². The number of sulfonamides is 1. The van der Waals surface area contributed by atoms with E-state index in [1.807, 2.05) is 24.6 Å². The van der Waals surface area contributed by atoms with Crippen molar-refractivity contribution in [3.05, 3.63) is 48.5 Å². The van der Waals surface area contributed by atoms with E-state index in [0.717, 1.165) is 0 Å². The fourth-order valence-electron chi connectivity index (χ4n) is 3.66. The summed E-state index contributed by atoms with van der Waals surface area (Å²) in [6, 6.07) is 6.05. The van der Waals surface area contributed by atoms with Crippen molar-refractivity contribution in [3.8, 4) is 0 Å². The van der Waals surface area contributed by atoms with E-state index in [2.05, 4.69) is 31.1 Å². The Bertz CT molecular complexity index is 989. The monoisotopic (exact) mass is 448 g/mol. The van der Waals surface area contributed by atoms with Gasteiger partial charge in [0.2, 0.25) is 10.0 Å². The Hall–Kier alpha value is -2.23. The van der Waals surface area contributed by atoms with Gasteiger partial charge in [-0.05, 0) is 37.5 Å². The van der Waals surface area contributed by atoms with E-state index < -0.39 is 10.0 Å². The van der Waals surface area contributed by atoms with Crippen LogP contribution in [0.3, 0.4) is 0 Å². The Kier molecular flexibility index (Phi) is 6.88. The minimum Gasteiger partial charge on any atom is -0.373 e. The molecule has 0 saturated carbocycles. The van der Waals surface area contributed by atoms with Crippen molar-refractivity contribution in [2.24, 2.45) is 5.41 Å². The maximum absolute atomic E-state index is 13.2. The highest BCUT2D eigenvalue weighted by atomic mass is 32.2. The molecule has 1 saturated heterocycles. The molecule has 3 rings (SSSR count). The molecule has 1 N–H and O–H groups in total. The number of nitrogens with zero attached hydrogens (tertiary/aromatic N) is 3. The second-order valence-electron chi connectivity index (χ2n) is 9.26. The van der Waals surface area contributed by atoms with Gasteiger partial charge in [0.25, 0.3) is 5.91 Å². The molecule has 1 fully saturated rings. The molecule has 9 heteroatoms. The average Bonchev–Trinajstić information content (AvgIpc) is 3.19.